The molecule has 1 N–H and O–H groups in total. The molecule has 3 rings (SSSR count). The zero-order valence-electron chi connectivity index (χ0n) is 13.0. The summed E-state index contributed by atoms with van der Waals surface area (Å²) in [5.41, 5.74) is -0.0863. The van der Waals surface area contributed by atoms with Crippen molar-refractivity contribution < 1.29 is 27.4 Å². The number of benzene rings is 1. The Bertz CT molecular complexity index is 720. The average Bonchev–Trinajstić information content (AvgIpc) is 2.62. The molecule has 5 nitrogen and oxygen atoms in total. The fourth-order valence-electron chi connectivity index (χ4n) is 2.50. The number of hydrogen-bond donors (Lipinski definition) is 1. The van der Waals surface area contributed by atoms with E-state index in [1.807, 2.05) is 30.3 Å². The van der Waals surface area contributed by atoms with E-state index in [9.17, 15) is 18.0 Å². The summed E-state index contributed by atoms with van der Waals surface area (Å²) in [6.45, 7) is 0.609. The molecule has 132 valence electrons. The molecule has 1 amide bonds. The second kappa shape index (κ2) is 7.20. The molecule has 2 atom stereocenters. The predicted octanol–water partition coefficient (Wildman–Crippen LogP) is 3.20. The molecule has 8 heteroatoms. The Morgan fingerprint density at radius 3 is 2.44 bits per heavy atom. The molecule has 0 saturated carbocycles. The van der Waals surface area contributed by atoms with Crippen LogP contribution in [0.4, 0.5) is 18.9 Å². The molecule has 1 aromatic heterocycles. The van der Waals surface area contributed by atoms with Gasteiger partial charge >= 0.3 is 6.18 Å². The molecule has 25 heavy (non-hydrogen) atoms. The van der Waals surface area contributed by atoms with Crippen LogP contribution in [0, 0.1) is 0 Å². The van der Waals surface area contributed by atoms with E-state index in [4.69, 9.17) is 9.47 Å². The van der Waals surface area contributed by atoms with Crippen LogP contribution in [0.2, 0.25) is 0 Å². The van der Waals surface area contributed by atoms with Gasteiger partial charge in [-0.15, -0.1) is 0 Å². The molecule has 0 spiro atoms. The first-order valence-corrected chi connectivity index (χ1v) is 7.57. The quantitative estimate of drug-likeness (QED) is 0.922. The van der Waals surface area contributed by atoms with Crippen LogP contribution in [0.15, 0.2) is 48.7 Å². The van der Waals surface area contributed by atoms with Gasteiger partial charge in [0.1, 0.15) is 11.8 Å². The van der Waals surface area contributed by atoms with Gasteiger partial charge in [0.15, 0.2) is 6.10 Å². The van der Waals surface area contributed by atoms with Crippen molar-refractivity contribution in [3.63, 3.8) is 0 Å². The Balaban J connectivity index is 1.73. The zero-order valence-corrected chi connectivity index (χ0v) is 13.0. The van der Waals surface area contributed by atoms with Crippen LogP contribution in [0.25, 0.3) is 0 Å². The van der Waals surface area contributed by atoms with E-state index in [1.165, 1.54) is 0 Å². The van der Waals surface area contributed by atoms with Gasteiger partial charge in [-0.3, -0.25) is 4.79 Å². The van der Waals surface area contributed by atoms with E-state index >= 15 is 0 Å². The first-order valence-electron chi connectivity index (χ1n) is 7.57. The number of anilines is 1. The van der Waals surface area contributed by atoms with Crippen LogP contribution < -0.4 is 5.32 Å². The maximum atomic E-state index is 12.5. The van der Waals surface area contributed by atoms with Crippen molar-refractivity contribution in [1.29, 1.82) is 0 Å². The minimum Gasteiger partial charge on any atom is -0.368 e. The van der Waals surface area contributed by atoms with Crippen LogP contribution in [0.1, 0.15) is 17.4 Å². The number of carbonyl (C=O) groups excluding carboxylic acids is 1. The van der Waals surface area contributed by atoms with Gasteiger partial charge in [0.2, 0.25) is 0 Å². The number of amides is 1. The molecular weight excluding hydrogens is 337 g/mol. The monoisotopic (exact) mass is 352 g/mol. The topological polar surface area (TPSA) is 60.5 Å². The van der Waals surface area contributed by atoms with Crippen LogP contribution in [-0.4, -0.2) is 30.2 Å². The predicted molar refractivity (Wildman–Crippen MR) is 82.7 cm³/mol. The Labute approximate surface area is 141 Å². The number of ether oxygens (including phenoxy) is 2. The van der Waals surface area contributed by atoms with Gasteiger partial charge < -0.3 is 14.8 Å². The Morgan fingerprint density at radius 1 is 1.08 bits per heavy atom. The number of nitrogens with zero attached hydrogens (tertiary/aromatic N) is 1. The van der Waals surface area contributed by atoms with Crippen molar-refractivity contribution in [3.05, 3.63) is 59.9 Å². The van der Waals surface area contributed by atoms with E-state index in [-0.39, 0.29) is 12.3 Å². The van der Waals surface area contributed by atoms with Crippen LogP contribution in [-0.2, 0) is 20.4 Å². The second-order valence-electron chi connectivity index (χ2n) is 5.41. The number of halogens is 3. The van der Waals surface area contributed by atoms with Crippen molar-refractivity contribution in [2.75, 3.05) is 18.5 Å². The van der Waals surface area contributed by atoms with Gasteiger partial charge in [-0.25, -0.2) is 4.98 Å². The third kappa shape index (κ3) is 4.15. The second-order valence-corrected chi connectivity index (χ2v) is 5.41. The van der Waals surface area contributed by atoms with E-state index in [0.717, 1.165) is 23.9 Å². The highest BCUT2D eigenvalue weighted by Crippen LogP contribution is 2.29. The minimum absolute atomic E-state index is 0.152. The molecule has 1 aliphatic heterocycles. The smallest absolute Gasteiger partial charge is 0.368 e. The lowest BCUT2D eigenvalue weighted by Crippen LogP contribution is -2.41. The van der Waals surface area contributed by atoms with Gasteiger partial charge in [-0.1, -0.05) is 30.3 Å². The summed E-state index contributed by atoms with van der Waals surface area (Å²) in [4.78, 5) is 15.8. The fraction of sp³-hybridized carbons (Fsp3) is 0.294. The number of rotatable bonds is 3. The van der Waals surface area contributed by atoms with Gasteiger partial charge in [-0.05, 0) is 17.7 Å². The summed E-state index contributed by atoms with van der Waals surface area (Å²) in [5, 5.41) is 2.52. The standard InChI is InChI=1S/C17H15F3N2O3/c18-17(19,20)13-7-6-12(10-21-13)22-16(23)15-14(24-8-9-25-15)11-4-2-1-3-5-11/h1-7,10,14-15H,8-9H2,(H,22,23)/t14-,15-/m1/s1. The molecule has 2 heterocycles. The maximum Gasteiger partial charge on any atom is 0.433 e. The van der Waals surface area contributed by atoms with Gasteiger partial charge in [0, 0.05) is 0 Å². The summed E-state index contributed by atoms with van der Waals surface area (Å²) in [5.74, 6) is -0.505. The molecule has 0 radical (unpaired) electrons. The Hall–Kier alpha value is -2.45. The highest BCUT2D eigenvalue weighted by atomic mass is 19.4. The molecule has 0 aliphatic carbocycles. The van der Waals surface area contributed by atoms with E-state index in [1.54, 1.807) is 0 Å². The number of nitrogens with one attached hydrogen (secondary N) is 1. The number of hydrogen-bond acceptors (Lipinski definition) is 4. The average molecular weight is 352 g/mol. The highest BCUT2D eigenvalue weighted by Gasteiger charge is 2.35. The summed E-state index contributed by atoms with van der Waals surface area (Å²) >= 11 is 0. The van der Waals surface area contributed by atoms with E-state index in [0.29, 0.717) is 6.61 Å². The number of alkyl halides is 3. The van der Waals surface area contributed by atoms with Crippen LogP contribution in [0.3, 0.4) is 0 Å². The van der Waals surface area contributed by atoms with Crippen molar-refractivity contribution >= 4 is 11.6 Å². The van der Waals surface area contributed by atoms with Crippen molar-refractivity contribution in [2.45, 2.75) is 18.4 Å². The minimum atomic E-state index is -4.53. The third-order valence-electron chi connectivity index (χ3n) is 3.66. The van der Waals surface area contributed by atoms with Gasteiger partial charge in [-0.2, -0.15) is 13.2 Å². The van der Waals surface area contributed by atoms with E-state index in [2.05, 4.69) is 10.3 Å². The highest BCUT2D eigenvalue weighted by molar-refractivity contribution is 5.94. The van der Waals surface area contributed by atoms with Crippen molar-refractivity contribution in [3.8, 4) is 0 Å². The Morgan fingerprint density at radius 2 is 1.80 bits per heavy atom. The summed E-state index contributed by atoms with van der Waals surface area (Å²) in [6, 6.07) is 11.1. The summed E-state index contributed by atoms with van der Waals surface area (Å²) in [6.07, 6.45) is -5.06. The van der Waals surface area contributed by atoms with Crippen LogP contribution in [0.5, 0.6) is 0 Å². The van der Waals surface area contributed by atoms with Gasteiger partial charge in [0.05, 0.1) is 25.1 Å². The third-order valence-corrected chi connectivity index (χ3v) is 3.66. The zero-order chi connectivity index (χ0) is 17.9. The number of aromatic nitrogens is 1. The lowest BCUT2D eigenvalue weighted by atomic mass is 10.0. The van der Waals surface area contributed by atoms with Gasteiger partial charge in [0.25, 0.3) is 5.91 Å². The molecule has 0 unspecified atom stereocenters. The lowest BCUT2D eigenvalue weighted by molar-refractivity contribution is -0.162. The maximum absolute atomic E-state index is 12.5. The lowest BCUT2D eigenvalue weighted by Gasteiger charge is -2.31. The molecule has 1 fully saturated rings. The SMILES string of the molecule is O=C(Nc1ccc(C(F)(F)F)nc1)[C@@H]1OCCO[C@@H]1c1ccccc1. The summed E-state index contributed by atoms with van der Waals surface area (Å²) < 4.78 is 48.7. The Kier molecular flexibility index (Phi) is 5.00. The van der Waals surface area contributed by atoms with E-state index < -0.39 is 30.0 Å². The molecular formula is C17H15F3N2O3. The largest absolute Gasteiger partial charge is 0.433 e. The summed E-state index contributed by atoms with van der Waals surface area (Å²) in [7, 11) is 0. The molecule has 2 aromatic rings. The molecule has 1 saturated heterocycles. The first-order chi connectivity index (χ1) is 11.9. The number of pyridine rings is 1. The fourth-order valence-corrected chi connectivity index (χ4v) is 2.50. The molecule has 0 bridgehead atoms. The number of carbonyl (C=O) groups is 1. The normalized spacial score (nSPS) is 20.9. The molecule has 1 aromatic carbocycles. The first kappa shape index (κ1) is 17.4. The van der Waals surface area contributed by atoms with Crippen LogP contribution >= 0.6 is 0 Å². The van der Waals surface area contributed by atoms with Crippen molar-refractivity contribution in [2.24, 2.45) is 0 Å². The molecule has 1 aliphatic rings. The van der Waals surface area contributed by atoms with Crippen molar-refractivity contribution in [1.82, 2.24) is 4.98 Å².